The molecule has 3 aliphatic rings. The minimum atomic E-state index is -0.499. The predicted octanol–water partition coefficient (Wildman–Crippen LogP) is 2.74. The minimum Gasteiger partial charge on any atom is -0.493 e. The van der Waals surface area contributed by atoms with Crippen LogP contribution in [0.3, 0.4) is 0 Å². The van der Waals surface area contributed by atoms with Gasteiger partial charge in [0.2, 0.25) is 5.91 Å². The molecular weight excluding hydrogens is 418 g/mol. The van der Waals surface area contributed by atoms with E-state index in [9.17, 15) is 14.4 Å². The third-order valence-corrected chi connectivity index (χ3v) is 6.59. The third kappa shape index (κ3) is 4.23. The maximum atomic E-state index is 12.7. The summed E-state index contributed by atoms with van der Waals surface area (Å²) in [4.78, 5) is 44.8. The molecule has 162 valence electrons. The van der Waals surface area contributed by atoms with Crippen molar-refractivity contribution in [1.82, 2.24) is 9.80 Å². The predicted molar refractivity (Wildman–Crippen MR) is 118 cm³/mol. The number of piperidine rings is 1. The molecule has 0 saturated carbocycles. The zero-order valence-corrected chi connectivity index (χ0v) is 18.1. The average molecular weight is 442 g/mol. The Labute approximate surface area is 184 Å². The monoisotopic (exact) mass is 441 g/mol. The van der Waals surface area contributed by atoms with Crippen LogP contribution in [-0.2, 0) is 9.59 Å². The number of methoxy groups -OCH3 is 2. The van der Waals surface area contributed by atoms with Crippen molar-refractivity contribution in [2.45, 2.75) is 24.1 Å². The highest BCUT2D eigenvalue weighted by atomic mass is 32.2. The quantitative estimate of drug-likeness (QED) is 0.653. The molecule has 9 heteroatoms. The fourth-order valence-corrected chi connectivity index (χ4v) is 4.80. The van der Waals surface area contributed by atoms with E-state index in [0.29, 0.717) is 43.1 Å². The van der Waals surface area contributed by atoms with Crippen molar-refractivity contribution in [2.24, 2.45) is 4.99 Å². The summed E-state index contributed by atoms with van der Waals surface area (Å²) in [5.41, 5.74) is 1.35. The molecule has 1 unspecified atom stereocenters. The van der Waals surface area contributed by atoms with Gasteiger partial charge in [-0.3, -0.25) is 14.5 Å². The van der Waals surface area contributed by atoms with Crippen LogP contribution >= 0.6 is 11.8 Å². The van der Waals surface area contributed by atoms with Gasteiger partial charge in [-0.1, -0.05) is 6.07 Å². The van der Waals surface area contributed by atoms with E-state index in [-0.39, 0.29) is 17.9 Å². The summed E-state index contributed by atoms with van der Waals surface area (Å²) in [7, 11) is 3.13. The second-order valence-corrected chi connectivity index (χ2v) is 8.37. The number of allylic oxidation sites excluding steroid dienone is 1. The Kier molecular flexibility index (Phi) is 6.13. The number of amides is 4. The van der Waals surface area contributed by atoms with Crippen LogP contribution in [-0.4, -0.2) is 72.0 Å². The number of ether oxygens (including phenoxy) is 2. The van der Waals surface area contributed by atoms with Gasteiger partial charge in [-0.15, -0.1) is 11.8 Å². The lowest BCUT2D eigenvalue weighted by Gasteiger charge is -2.38. The fraction of sp³-hybridized carbons (Fsp3) is 0.364. The number of aliphatic imine (C=N–C) groups is 1. The second-order valence-electron chi connectivity index (χ2n) is 7.35. The van der Waals surface area contributed by atoms with Gasteiger partial charge in [-0.05, 0) is 48.1 Å². The molecular formula is C22H23N3O5S. The van der Waals surface area contributed by atoms with Gasteiger partial charge >= 0.3 is 6.03 Å². The summed E-state index contributed by atoms with van der Waals surface area (Å²) < 4.78 is 10.5. The molecule has 0 spiro atoms. The number of likely N-dealkylation sites (tertiary alicyclic amines) is 1. The normalized spacial score (nSPS) is 21.5. The van der Waals surface area contributed by atoms with Crippen molar-refractivity contribution in [3.8, 4) is 11.5 Å². The largest absolute Gasteiger partial charge is 0.493 e. The molecule has 0 aliphatic carbocycles. The van der Waals surface area contributed by atoms with Crippen LogP contribution in [0, 0.1) is 0 Å². The molecule has 1 saturated heterocycles. The molecule has 0 radical (unpaired) electrons. The molecule has 0 bridgehead atoms. The molecule has 4 rings (SSSR count). The maximum absolute atomic E-state index is 12.7. The smallest absolute Gasteiger partial charge is 0.350 e. The van der Waals surface area contributed by atoms with Crippen LogP contribution in [0.5, 0.6) is 11.5 Å². The molecule has 1 atom stereocenters. The van der Waals surface area contributed by atoms with Gasteiger partial charge in [-0.25, -0.2) is 4.79 Å². The Bertz CT molecular complexity index is 995. The van der Waals surface area contributed by atoms with Gasteiger partial charge in [0.25, 0.3) is 5.91 Å². The van der Waals surface area contributed by atoms with Crippen LogP contribution < -0.4 is 9.47 Å². The van der Waals surface area contributed by atoms with Gasteiger partial charge < -0.3 is 14.4 Å². The van der Waals surface area contributed by atoms with E-state index >= 15 is 0 Å². The number of imide groups is 1. The number of thioether (sulfide) groups is 1. The molecule has 1 aromatic rings. The molecule has 3 aliphatic heterocycles. The van der Waals surface area contributed by atoms with Crippen molar-refractivity contribution < 1.29 is 23.9 Å². The standard InChI is InChI=1S/C22H23N3O5S/c1-29-17-5-3-14(13-18(17)30-2)4-6-19(26)24-10-7-15(8-11-24)25-21(27)20-16(9-12-31-20)23-22(25)28/h3-6,9,12-13,15,20H,7-8,10-11H2,1-2H3/b6-4+. The molecule has 3 heterocycles. The van der Waals surface area contributed by atoms with Crippen LogP contribution in [0.25, 0.3) is 6.08 Å². The Balaban J connectivity index is 1.36. The fourth-order valence-electron chi connectivity index (χ4n) is 3.92. The van der Waals surface area contributed by atoms with Crippen LogP contribution in [0.1, 0.15) is 18.4 Å². The van der Waals surface area contributed by atoms with Crippen LogP contribution in [0.15, 0.2) is 40.8 Å². The summed E-state index contributed by atoms with van der Waals surface area (Å²) in [6, 6.07) is 4.70. The van der Waals surface area contributed by atoms with Gasteiger partial charge in [0, 0.05) is 25.2 Å². The van der Waals surface area contributed by atoms with E-state index in [1.54, 1.807) is 48.8 Å². The first-order chi connectivity index (χ1) is 15.0. The van der Waals surface area contributed by atoms with Crippen molar-refractivity contribution in [3.63, 3.8) is 0 Å². The van der Waals surface area contributed by atoms with Gasteiger partial charge in [0.1, 0.15) is 5.25 Å². The number of hydrogen-bond donors (Lipinski definition) is 0. The molecule has 4 amide bonds. The van der Waals surface area contributed by atoms with Crippen molar-refractivity contribution in [2.75, 3.05) is 27.3 Å². The van der Waals surface area contributed by atoms with E-state index in [0.717, 1.165) is 5.56 Å². The highest BCUT2D eigenvalue weighted by molar-refractivity contribution is 8.04. The van der Waals surface area contributed by atoms with Gasteiger partial charge in [0.05, 0.1) is 19.9 Å². The van der Waals surface area contributed by atoms with E-state index in [2.05, 4.69) is 4.99 Å². The number of rotatable bonds is 5. The average Bonchev–Trinajstić information content (AvgIpc) is 3.26. The number of benzene rings is 1. The number of hydrogen-bond acceptors (Lipinski definition) is 6. The molecule has 8 nitrogen and oxygen atoms in total. The number of carbonyl (C=O) groups excluding carboxylic acids is 3. The van der Waals surface area contributed by atoms with E-state index in [1.165, 1.54) is 22.7 Å². The highest BCUT2D eigenvalue weighted by Gasteiger charge is 2.42. The lowest BCUT2D eigenvalue weighted by atomic mass is 10.0. The number of urea groups is 1. The highest BCUT2D eigenvalue weighted by Crippen LogP contribution is 2.31. The Morgan fingerprint density at radius 1 is 1.16 bits per heavy atom. The van der Waals surface area contributed by atoms with Crippen molar-refractivity contribution >= 4 is 41.4 Å². The lowest BCUT2D eigenvalue weighted by molar-refractivity contribution is -0.130. The lowest BCUT2D eigenvalue weighted by Crippen LogP contribution is -2.55. The number of carbonyl (C=O) groups is 3. The van der Waals surface area contributed by atoms with E-state index in [4.69, 9.17) is 9.47 Å². The topological polar surface area (TPSA) is 88.5 Å². The number of fused-ring (bicyclic) bond motifs is 1. The summed E-state index contributed by atoms with van der Waals surface area (Å²) in [5, 5.41) is 1.38. The Morgan fingerprint density at radius 3 is 2.61 bits per heavy atom. The molecule has 0 N–H and O–H groups in total. The summed E-state index contributed by atoms with van der Waals surface area (Å²) in [6.07, 6.45) is 6.06. The Morgan fingerprint density at radius 2 is 1.90 bits per heavy atom. The second kappa shape index (κ2) is 8.97. The zero-order valence-electron chi connectivity index (χ0n) is 17.3. The molecule has 31 heavy (non-hydrogen) atoms. The first-order valence-corrected chi connectivity index (χ1v) is 10.9. The first kappa shape index (κ1) is 21.2. The maximum Gasteiger partial charge on any atom is 0.350 e. The summed E-state index contributed by atoms with van der Waals surface area (Å²) in [5.74, 6) is 0.900. The minimum absolute atomic E-state index is 0.111. The van der Waals surface area contributed by atoms with Crippen molar-refractivity contribution in [1.29, 1.82) is 0 Å². The van der Waals surface area contributed by atoms with Gasteiger partial charge in [-0.2, -0.15) is 4.99 Å². The zero-order chi connectivity index (χ0) is 22.0. The molecule has 1 aromatic carbocycles. The van der Waals surface area contributed by atoms with Crippen LogP contribution in [0.2, 0.25) is 0 Å². The van der Waals surface area contributed by atoms with E-state index < -0.39 is 11.3 Å². The summed E-state index contributed by atoms with van der Waals surface area (Å²) in [6.45, 7) is 0.951. The SMILES string of the molecule is COc1ccc(/C=C/C(=O)N2CCC(N3C(=O)N=C4C=CSC4C3=O)CC2)cc1OC. The van der Waals surface area contributed by atoms with Crippen molar-refractivity contribution in [3.05, 3.63) is 41.3 Å². The molecule has 1 fully saturated rings. The van der Waals surface area contributed by atoms with E-state index in [1.807, 2.05) is 6.07 Å². The number of nitrogens with zero attached hydrogens (tertiary/aromatic N) is 3. The first-order valence-electron chi connectivity index (χ1n) is 9.98. The van der Waals surface area contributed by atoms with Crippen LogP contribution in [0.4, 0.5) is 4.79 Å². The Hall–Kier alpha value is -3.07. The summed E-state index contributed by atoms with van der Waals surface area (Å²) >= 11 is 1.37. The molecule has 0 aromatic heterocycles. The van der Waals surface area contributed by atoms with Gasteiger partial charge in [0.15, 0.2) is 11.5 Å². The third-order valence-electron chi connectivity index (χ3n) is 5.58.